The van der Waals surface area contributed by atoms with Crippen LogP contribution in [0.3, 0.4) is 0 Å². The minimum atomic E-state index is -0.400. The van der Waals surface area contributed by atoms with Crippen LogP contribution < -0.4 is 10.5 Å². The van der Waals surface area contributed by atoms with E-state index in [-0.39, 0.29) is 16.6 Å². The fourth-order valence-electron chi connectivity index (χ4n) is 1.21. The minimum Gasteiger partial charge on any atom is -0.437 e. The lowest BCUT2D eigenvalue weighted by Gasteiger charge is -2.07. The minimum absolute atomic E-state index is 0.0736. The molecule has 1 heterocycles. The van der Waals surface area contributed by atoms with Gasteiger partial charge in [0.2, 0.25) is 5.88 Å². The summed E-state index contributed by atoms with van der Waals surface area (Å²) in [5, 5.41) is 0. The zero-order valence-corrected chi connectivity index (χ0v) is 9.45. The van der Waals surface area contributed by atoms with Crippen LogP contribution >= 0.6 is 12.2 Å². The molecule has 2 rings (SSSR count). The average Bonchev–Trinajstić information content (AvgIpc) is 2.29. The van der Waals surface area contributed by atoms with Crippen molar-refractivity contribution < 1.29 is 9.13 Å². The number of aromatic nitrogens is 2. The molecule has 0 aliphatic carbocycles. The van der Waals surface area contributed by atoms with Crippen LogP contribution in [0.5, 0.6) is 11.6 Å². The van der Waals surface area contributed by atoms with E-state index >= 15 is 0 Å². The fourth-order valence-corrected chi connectivity index (χ4v) is 1.35. The molecular weight excluding hydrogens is 241 g/mol. The summed E-state index contributed by atoms with van der Waals surface area (Å²) in [6.45, 7) is 0. The molecule has 4 nitrogen and oxygen atoms in total. The number of thiocarbonyl (C=S) groups is 1. The van der Waals surface area contributed by atoms with E-state index in [2.05, 4.69) is 9.97 Å². The van der Waals surface area contributed by atoms with Crippen molar-refractivity contribution in [1.29, 1.82) is 0 Å². The Kier molecular flexibility index (Phi) is 3.24. The molecule has 0 fully saturated rings. The van der Waals surface area contributed by atoms with E-state index in [9.17, 15) is 4.39 Å². The van der Waals surface area contributed by atoms with Crippen LogP contribution in [0.15, 0.2) is 36.7 Å². The zero-order valence-electron chi connectivity index (χ0n) is 8.63. The van der Waals surface area contributed by atoms with Crippen LogP contribution in [0.2, 0.25) is 0 Å². The van der Waals surface area contributed by atoms with Crippen molar-refractivity contribution in [2.24, 2.45) is 5.73 Å². The van der Waals surface area contributed by atoms with Gasteiger partial charge in [0.25, 0.3) is 0 Å². The summed E-state index contributed by atoms with van der Waals surface area (Å²) < 4.78 is 18.3. The van der Waals surface area contributed by atoms with Gasteiger partial charge in [0.05, 0.1) is 0 Å². The number of hydrogen-bond acceptors (Lipinski definition) is 4. The molecule has 17 heavy (non-hydrogen) atoms. The molecule has 1 aromatic heterocycles. The first kappa shape index (κ1) is 11.4. The van der Waals surface area contributed by atoms with Crippen molar-refractivity contribution in [1.82, 2.24) is 9.97 Å². The van der Waals surface area contributed by atoms with Gasteiger partial charge in [-0.3, -0.25) is 0 Å². The van der Waals surface area contributed by atoms with Gasteiger partial charge in [-0.05, 0) is 12.1 Å². The number of halogens is 1. The van der Waals surface area contributed by atoms with Gasteiger partial charge >= 0.3 is 0 Å². The molecular formula is C11H8FN3OS. The van der Waals surface area contributed by atoms with Crippen molar-refractivity contribution >= 4 is 17.2 Å². The number of nitrogens with zero attached hydrogens (tertiary/aromatic N) is 2. The molecule has 6 heteroatoms. The molecule has 0 saturated carbocycles. The van der Waals surface area contributed by atoms with Gasteiger partial charge in [0.1, 0.15) is 16.6 Å². The molecule has 0 unspecified atom stereocenters. The first-order valence-electron chi connectivity index (χ1n) is 4.71. The molecule has 0 amide bonds. The highest BCUT2D eigenvalue weighted by Gasteiger charge is 2.10. The maximum absolute atomic E-state index is 13.0. The monoisotopic (exact) mass is 249 g/mol. The van der Waals surface area contributed by atoms with Crippen molar-refractivity contribution in [2.75, 3.05) is 0 Å². The van der Waals surface area contributed by atoms with Crippen molar-refractivity contribution in [3.05, 3.63) is 48.2 Å². The summed E-state index contributed by atoms with van der Waals surface area (Å²) in [5.41, 5.74) is 5.74. The third kappa shape index (κ3) is 2.73. The van der Waals surface area contributed by atoms with Crippen LogP contribution in [0.1, 0.15) is 5.69 Å². The maximum atomic E-state index is 13.0. The first-order chi connectivity index (χ1) is 8.16. The summed E-state index contributed by atoms with van der Waals surface area (Å²) in [5.74, 6) is 0.0665. The molecule has 0 aliphatic heterocycles. The van der Waals surface area contributed by atoms with Crippen LogP contribution in [-0.2, 0) is 0 Å². The summed E-state index contributed by atoms with van der Waals surface area (Å²) in [6, 6.07) is 5.68. The second-order valence-corrected chi connectivity index (χ2v) is 3.57. The normalized spacial score (nSPS) is 9.94. The number of hydrogen-bond donors (Lipinski definition) is 1. The van der Waals surface area contributed by atoms with Gasteiger partial charge in [-0.1, -0.05) is 18.3 Å². The van der Waals surface area contributed by atoms with E-state index in [0.717, 1.165) is 0 Å². The SMILES string of the molecule is NC(=S)c1nccnc1Oc1cccc(F)c1. The van der Waals surface area contributed by atoms with E-state index in [1.165, 1.54) is 30.6 Å². The first-order valence-corrected chi connectivity index (χ1v) is 5.12. The fraction of sp³-hybridized carbons (Fsp3) is 0. The van der Waals surface area contributed by atoms with Crippen LogP contribution in [0, 0.1) is 5.82 Å². The third-order valence-corrected chi connectivity index (χ3v) is 2.10. The lowest BCUT2D eigenvalue weighted by Crippen LogP contribution is -2.13. The molecule has 1 aromatic carbocycles. The Hall–Kier alpha value is -2.08. The summed E-state index contributed by atoms with van der Waals surface area (Å²) in [4.78, 5) is 7.97. The molecule has 2 aromatic rings. The van der Waals surface area contributed by atoms with E-state index in [1.807, 2.05) is 0 Å². The number of benzene rings is 1. The number of nitrogens with two attached hydrogens (primary N) is 1. The lowest BCUT2D eigenvalue weighted by molar-refractivity contribution is 0.454. The van der Waals surface area contributed by atoms with Crippen LogP contribution in [-0.4, -0.2) is 15.0 Å². The topological polar surface area (TPSA) is 61.0 Å². The predicted octanol–water partition coefficient (Wildman–Crippen LogP) is 2.04. The Balaban J connectivity index is 2.33. The third-order valence-electron chi connectivity index (χ3n) is 1.91. The van der Waals surface area contributed by atoms with Gasteiger partial charge in [0.15, 0.2) is 5.69 Å². The maximum Gasteiger partial charge on any atom is 0.248 e. The van der Waals surface area contributed by atoms with Gasteiger partial charge in [-0.15, -0.1) is 0 Å². The Morgan fingerprint density at radius 3 is 2.76 bits per heavy atom. The zero-order chi connectivity index (χ0) is 12.3. The van der Waals surface area contributed by atoms with Gasteiger partial charge in [0, 0.05) is 18.5 Å². The van der Waals surface area contributed by atoms with Gasteiger partial charge in [-0.2, -0.15) is 0 Å². The molecule has 0 atom stereocenters. The molecule has 0 bridgehead atoms. The second kappa shape index (κ2) is 4.84. The Morgan fingerprint density at radius 1 is 1.29 bits per heavy atom. The van der Waals surface area contributed by atoms with E-state index in [4.69, 9.17) is 22.7 Å². The summed E-state index contributed by atoms with van der Waals surface area (Å²) >= 11 is 4.81. The number of ether oxygens (including phenoxy) is 1. The van der Waals surface area contributed by atoms with Crippen molar-refractivity contribution in [2.45, 2.75) is 0 Å². The Bertz CT molecular complexity index is 562. The van der Waals surface area contributed by atoms with Crippen LogP contribution in [0.25, 0.3) is 0 Å². The summed E-state index contributed by atoms with van der Waals surface area (Å²) in [7, 11) is 0. The highest BCUT2D eigenvalue weighted by molar-refractivity contribution is 7.80. The molecule has 0 spiro atoms. The molecule has 86 valence electrons. The number of rotatable bonds is 3. The van der Waals surface area contributed by atoms with Crippen LogP contribution in [0.4, 0.5) is 4.39 Å². The smallest absolute Gasteiger partial charge is 0.248 e. The highest BCUT2D eigenvalue weighted by Crippen LogP contribution is 2.21. The van der Waals surface area contributed by atoms with Crippen molar-refractivity contribution in [3.8, 4) is 11.6 Å². The second-order valence-electron chi connectivity index (χ2n) is 3.13. The van der Waals surface area contributed by atoms with E-state index < -0.39 is 5.82 Å². The highest BCUT2D eigenvalue weighted by atomic mass is 32.1. The Morgan fingerprint density at radius 2 is 2.06 bits per heavy atom. The van der Waals surface area contributed by atoms with E-state index in [0.29, 0.717) is 5.75 Å². The van der Waals surface area contributed by atoms with Gasteiger partial charge < -0.3 is 10.5 Å². The standard InChI is InChI=1S/C11H8FN3OS/c12-7-2-1-3-8(6-7)16-11-9(10(13)17)14-4-5-15-11/h1-6H,(H2,13,17). The quantitative estimate of drug-likeness (QED) is 0.843. The predicted molar refractivity (Wildman–Crippen MR) is 64.4 cm³/mol. The average molecular weight is 249 g/mol. The van der Waals surface area contributed by atoms with E-state index in [1.54, 1.807) is 6.07 Å². The Labute approximate surface area is 102 Å². The summed E-state index contributed by atoms with van der Waals surface area (Å²) in [6.07, 6.45) is 2.89. The molecule has 0 radical (unpaired) electrons. The lowest BCUT2D eigenvalue weighted by atomic mass is 10.3. The van der Waals surface area contributed by atoms with Gasteiger partial charge in [-0.25, -0.2) is 14.4 Å². The van der Waals surface area contributed by atoms with Crippen molar-refractivity contribution in [3.63, 3.8) is 0 Å². The molecule has 0 saturated heterocycles. The molecule has 2 N–H and O–H groups in total. The largest absolute Gasteiger partial charge is 0.437 e. The molecule has 0 aliphatic rings.